The van der Waals surface area contributed by atoms with Crippen molar-refractivity contribution in [3.05, 3.63) is 29.8 Å². The second-order valence-electron chi connectivity index (χ2n) is 9.90. The third-order valence-corrected chi connectivity index (χ3v) is 8.72. The molecule has 0 aromatic heterocycles. The van der Waals surface area contributed by atoms with Crippen molar-refractivity contribution in [1.82, 2.24) is 20.0 Å². The van der Waals surface area contributed by atoms with Crippen LogP contribution in [0, 0.1) is 0 Å². The molecule has 3 aliphatic rings. The van der Waals surface area contributed by atoms with E-state index in [1.54, 1.807) is 12.1 Å². The van der Waals surface area contributed by atoms with Crippen LogP contribution in [0.3, 0.4) is 0 Å². The molecule has 3 saturated heterocycles. The van der Waals surface area contributed by atoms with E-state index < -0.39 is 9.84 Å². The number of benzene rings is 1. The number of fused-ring (bicyclic) bond motifs is 1. The Labute approximate surface area is 202 Å². The third-order valence-electron chi connectivity index (χ3n) is 7.60. The maximum Gasteiger partial charge on any atom is 0.239 e. The Kier molecular flexibility index (Phi) is 7.61. The van der Waals surface area contributed by atoms with E-state index in [9.17, 15) is 23.1 Å². The van der Waals surface area contributed by atoms with E-state index in [0.29, 0.717) is 56.8 Å². The smallest absolute Gasteiger partial charge is 0.239 e. The summed E-state index contributed by atoms with van der Waals surface area (Å²) in [6, 6.07) is 6.76. The second kappa shape index (κ2) is 10.3. The first kappa shape index (κ1) is 25.1. The van der Waals surface area contributed by atoms with Gasteiger partial charge in [-0.2, -0.15) is 0 Å². The molecule has 0 spiro atoms. The lowest BCUT2D eigenvalue weighted by molar-refractivity contribution is -0.133. The first-order chi connectivity index (χ1) is 16.1. The van der Waals surface area contributed by atoms with Crippen molar-refractivity contribution in [3.63, 3.8) is 0 Å². The zero-order valence-electron chi connectivity index (χ0n) is 20.0. The molecular formula is C24H36N4O5S. The Hall–Kier alpha value is -2.01. The van der Waals surface area contributed by atoms with E-state index >= 15 is 0 Å². The van der Waals surface area contributed by atoms with E-state index in [4.69, 9.17) is 0 Å². The highest BCUT2D eigenvalue weighted by atomic mass is 32.2. The standard InChI is InChI=1S/C24H36N4O5S/c1-26-18(5-8-22(30)27-12-9-19(29)10-13-27)15-25-24(31)23-21(26)11-14-28(23)16-17-3-6-20(7-4-17)34(2,32)33/h3-4,6-7,18-19,21,23,29H,5,8-16H2,1-2H3,(H,25,31)/t18-,21-,23-/m0/s1. The quantitative estimate of drug-likeness (QED) is 0.585. The summed E-state index contributed by atoms with van der Waals surface area (Å²) < 4.78 is 23.4. The first-order valence-corrected chi connectivity index (χ1v) is 14.0. The molecule has 0 saturated carbocycles. The first-order valence-electron chi connectivity index (χ1n) is 12.1. The fraction of sp³-hybridized carbons (Fsp3) is 0.667. The van der Waals surface area contributed by atoms with Gasteiger partial charge >= 0.3 is 0 Å². The lowest BCUT2D eigenvalue weighted by atomic mass is 10.0. The van der Waals surface area contributed by atoms with Crippen molar-refractivity contribution in [2.75, 3.05) is 39.5 Å². The fourth-order valence-corrected chi connectivity index (χ4v) is 6.10. The SMILES string of the molecule is CN1[C@@H](CCC(=O)N2CCC(O)CC2)CNC(=O)[C@@H]2[C@@H]1CCN2Cc1ccc(S(C)(=O)=O)cc1. The number of carbonyl (C=O) groups is 2. The van der Waals surface area contributed by atoms with Crippen LogP contribution in [0.15, 0.2) is 29.2 Å². The molecule has 3 fully saturated rings. The van der Waals surface area contributed by atoms with Crippen LogP contribution in [0.2, 0.25) is 0 Å². The van der Waals surface area contributed by atoms with Gasteiger partial charge in [-0.15, -0.1) is 0 Å². The Morgan fingerprint density at radius 1 is 1.12 bits per heavy atom. The maximum absolute atomic E-state index is 13.0. The van der Waals surface area contributed by atoms with Gasteiger partial charge in [-0.05, 0) is 50.4 Å². The predicted molar refractivity (Wildman–Crippen MR) is 128 cm³/mol. The molecule has 188 valence electrons. The van der Waals surface area contributed by atoms with Crippen LogP contribution in [0.5, 0.6) is 0 Å². The highest BCUT2D eigenvalue weighted by Gasteiger charge is 2.45. The minimum Gasteiger partial charge on any atom is -0.393 e. The molecule has 4 rings (SSSR count). The number of amides is 2. The van der Waals surface area contributed by atoms with Crippen LogP contribution in [0.4, 0.5) is 0 Å². The van der Waals surface area contributed by atoms with Crippen molar-refractivity contribution in [1.29, 1.82) is 0 Å². The van der Waals surface area contributed by atoms with Crippen LogP contribution in [0.1, 0.15) is 37.7 Å². The minimum absolute atomic E-state index is 0.0148. The summed E-state index contributed by atoms with van der Waals surface area (Å²) in [4.78, 5) is 32.3. The second-order valence-corrected chi connectivity index (χ2v) is 11.9. The van der Waals surface area contributed by atoms with E-state index in [2.05, 4.69) is 22.2 Å². The molecule has 1 aromatic carbocycles. The number of nitrogens with zero attached hydrogens (tertiary/aromatic N) is 3. The normalized spacial score (nSPS) is 27.3. The molecule has 0 radical (unpaired) electrons. The van der Waals surface area contributed by atoms with Gasteiger partial charge in [0.15, 0.2) is 9.84 Å². The van der Waals surface area contributed by atoms with Gasteiger partial charge in [-0.25, -0.2) is 8.42 Å². The molecule has 0 aliphatic carbocycles. The van der Waals surface area contributed by atoms with Crippen molar-refractivity contribution in [2.24, 2.45) is 0 Å². The molecule has 2 amide bonds. The average Bonchev–Trinajstić information content (AvgIpc) is 3.17. The van der Waals surface area contributed by atoms with Crippen molar-refractivity contribution >= 4 is 21.7 Å². The number of aliphatic hydroxyl groups is 1. The molecule has 3 atom stereocenters. The summed E-state index contributed by atoms with van der Waals surface area (Å²) in [6.07, 6.45) is 4.17. The minimum atomic E-state index is -3.24. The van der Waals surface area contributed by atoms with Gasteiger partial charge in [0.2, 0.25) is 11.8 Å². The zero-order valence-corrected chi connectivity index (χ0v) is 20.8. The van der Waals surface area contributed by atoms with Crippen molar-refractivity contribution in [2.45, 2.75) is 67.8 Å². The third kappa shape index (κ3) is 5.62. The molecule has 2 N–H and O–H groups in total. The van der Waals surface area contributed by atoms with Gasteiger partial charge in [0.05, 0.1) is 11.0 Å². The number of likely N-dealkylation sites (tertiary alicyclic amines) is 2. The lowest BCUT2D eigenvalue weighted by Gasteiger charge is -2.34. The topological polar surface area (TPSA) is 110 Å². The van der Waals surface area contributed by atoms with Crippen molar-refractivity contribution in [3.8, 4) is 0 Å². The molecule has 0 unspecified atom stereocenters. The van der Waals surface area contributed by atoms with E-state index in [1.165, 1.54) is 6.26 Å². The summed E-state index contributed by atoms with van der Waals surface area (Å²) in [5.41, 5.74) is 0.974. The molecule has 0 bridgehead atoms. The number of hydrogen-bond acceptors (Lipinski definition) is 7. The summed E-state index contributed by atoms with van der Waals surface area (Å²) >= 11 is 0. The fourth-order valence-electron chi connectivity index (χ4n) is 5.47. The molecule has 10 heteroatoms. The Bertz CT molecular complexity index is 991. The zero-order chi connectivity index (χ0) is 24.5. The molecule has 3 aliphatic heterocycles. The lowest BCUT2D eigenvalue weighted by Crippen LogP contribution is -2.49. The van der Waals surface area contributed by atoms with Gasteiger partial charge in [-0.3, -0.25) is 19.4 Å². The number of piperidine rings is 1. The maximum atomic E-state index is 13.0. The number of nitrogens with one attached hydrogen (secondary N) is 1. The molecule has 3 heterocycles. The van der Waals surface area contributed by atoms with Gasteiger partial charge in [0.25, 0.3) is 0 Å². The number of aliphatic hydroxyl groups excluding tert-OH is 1. The number of likely N-dealkylation sites (N-methyl/N-ethyl adjacent to an activating group) is 1. The van der Waals surface area contributed by atoms with Gasteiger partial charge in [-0.1, -0.05) is 12.1 Å². The number of carbonyl (C=O) groups excluding carboxylic acids is 2. The summed E-state index contributed by atoms with van der Waals surface area (Å²) in [5, 5.41) is 12.8. The van der Waals surface area contributed by atoms with Gasteiger partial charge in [0, 0.05) is 57.5 Å². The number of sulfone groups is 1. The van der Waals surface area contributed by atoms with E-state index in [1.807, 2.05) is 17.0 Å². The summed E-state index contributed by atoms with van der Waals surface area (Å²) in [5.74, 6) is 0.138. The number of rotatable bonds is 6. The summed E-state index contributed by atoms with van der Waals surface area (Å²) in [6.45, 7) is 3.11. The molecule has 34 heavy (non-hydrogen) atoms. The average molecular weight is 493 g/mol. The summed E-state index contributed by atoms with van der Waals surface area (Å²) in [7, 11) is -1.19. The number of hydrogen-bond donors (Lipinski definition) is 2. The monoisotopic (exact) mass is 492 g/mol. The Morgan fingerprint density at radius 3 is 2.44 bits per heavy atom. The van der Waals surface area contributed by atoms with Gasteiger partial charge < -0.3 is 15.3 Å². The Morgan fingerprint density at radius 2 is 1.79 bits per heavy atom. The predicted octanol–water partition coefficient (Wildman–Crippen LogP) is 0.227. The van der Waals surface area contributed by atoms with Crippen molar-refractivity contribution < 1.29 is 23.1 Å². The molecule has 1 aromatic rings. The van der Waals surface area contributed by atoms with Crippen LogP contribution in [-0.4, -0.2) is 104 Å². The van der Waals surface area contributed by atoms with Crippen LogP contribution in [0.25, 0.3) is 0 Å². The molecular weight excluding hydrogens is 456 g/mol. The molecule has 9 nitrogen and oxygen atoms in total. The largest absolute Gasteiger partial charge is 0.393 e. The van der Waals surface area contributed by atoms with Crippen LogP contribution in [-0.2, 0) is 26.0 Å². The van der Waals surface area contributed by atoms with Crippen LogP contribution < -0.4 is 5.32 Å². The van der Waals surface area contributed by atoms with E-state index in [0.717, 1.165) is 18.5 Å². The highest BCUT2D eigenvalue weighted by molar-refractivity contribution is 7.90. The highest BCUT2D eigenvalue weighted by Crippen LogP contribution is 2.29. The van der Waals surface area contributed by atoms with Gasteiger partial charge in [0.1, 0.15) is 6.04 Å². The Balaban J connectivity index is 1.36. The van der Waals surface area contributed by atoms with E-state index in [-0.39, 0.29) is 36.0 Å². The van der Waals surface area contributed by atoms with Crippen LogP contribution >= 0.6 is 0 Å².